The van der Waals surface area contributed by atoms with E-state index < -0.39 is 11.7 Å². The predicted molar refractivity (Wildman–Crippen MR) is 46.3 cm³/mol. The fourth-order valence-corrected chi connectivity index (χ4v) is 2.75. The Bertz CT molecular complexity index is 197. The molecule has 1 saturated carbocycles. The summed E-state index contributed by atoms with van der Waals surface area (Å²) in [4.78, 5) is 2.17. The molecule has 0 amide bonds. The van der Waals surface area contributed by atoms with Crippen LogP contribution in [-0.2, 0) is 0 Å². The standard InChI is InChI=1S/C8H14BF2N/c1-12-3-5-2-8(10,11)7(9)6(5)4-12/h5-7H,2-4,9H2,1H3. The lowest BCUT2D eigenvalue weighted by atomic mass is 9.76. The fraction of sp³-hybridized carbons (Fsp3) is 1.00. The summed E-state index contributed by atoms with van der Waals surface area (Å²) in [6.45, 7) is 1.73. The van der Waals surface area contributed by atoms with E-state index >= 15 is 0 Å². The number of halogens is 2. The molecule has 1 nitrogen and oxygen atoms in total. The van der Waals surface area contributed by atoms with Gasteiger partial charge in [0.2, 0.25) is 5.92 Å². The van der Waals surface area contributed by atoms with Gasteiger partial charge < -0.3 is 4.90 Å². The van der Waals surface area contributed by atoms with Crippen LogP contribution in [0.5, 0.6) is 0 Å². The van der Waals surface area contributed by atoms with Crippen molar-refractivity contribution in [2.24, 2.45) is 11.8 Å². The largest absolute Gasteiger partial charge is 0.306 e. The van der Waals surface area contributed by atoms with Crippen molar-refractivity contribution in [1.29, 1.82) is 0 Å². The van der Waals surface area contributed by atoms with Gasteiger partial charge >= 0.3 is 0 Å². The predicted octanol–water partition coefficient (Wildman–Crippen LogP) is 0.625. The van der Waals surface area contributed by atoms with E-state index in [9.17, 15) is 8.78 Å². The first-order valence-electron chi connectivity index (χ1n) is 4.57. The van der Waals surface area contributed by atoms with E-state index in [0.29, 0.717) is 0 Å². The number of hydrogen-bond acceptors (Lipinski definition) is 1. The molecule has 1 aliphatic heterocycles. The molecular weight excluding hydrogens is 159 g/mol. The van der Waals surface area contributed by atoms with Crippen molar-refractivity contribution in [3.63, 3.8) is 0 Å². The first-order chi connectivity index (χ1) is 5.50. The molecule has 1 heterocycles. The molecule has 0 bridgehead atoms. The van der Waals surface area contributed by atoms with E-state index in [4.69, 9.17) is 0 Å². The summed E-state index contributed by atoms with van der Waals surface area (Å²) in [5.74, 6) is -2.31. The summed E-state index contributed by atoms with van der Waals surface area (Å²) in [6.07, 6.45) is 0.114. The SMILES string of the molecule is BC1C2CN(C)CC2CC1(F)F. The van der Waals surface area contributed by atoms with Crippen LogP contribution in [0.2, 0.25) is 5.82 Å². The fourth-order valence-electron chi connectivity index (χ4n) is 2.75. The van der Waals surface area contributed by atoms with E-state index in [0.717, 1.165) is 13.1 Å². The van der Waals surface area contributed by atoms with Crippen LogP contribution in [-0.4, -0.2) is 38.8 Å². The maximum atomic E-state index is 13.2. The first-order valence-corrected chi connectivity index (χ1v) is 4.57. The maximum Gasteiger partial charge on any atom is 0.244 e. The van der Waals surface area contributed by atoms with Gasteiger partial charge in [0.25, 0.3) is 0 Å². The van der Waals surface area contributed by atoms with Crippen LogP contribution in [0.25, 0.3) is 0 Å². The molecule has 4 heteroatoms. The summed E-state index contributed by atoms with van der Waals surface area (Å²) >= 11 is 0. The summed E-state index contributed by atoms with van der Waals surface area (Å²) in [5, 5.41) is 0. The molecule has 0 aromatic rings. The van der Waals surface area contributed by atoms with Crippen LogP contribution in [0, 0.1) is 11.8 Å². The molecule has 0 N–H and O–H groups in total. The molecule has 0 radical (unpaired) electrons. The second-order valence-corrected chi connectivity index (χ2v) is 4.40. The van der Waals surface area contributed by atoms with Gasteiger partial charge in [-0.25, -0.2) is 8.78 Å². The maximum absolute atomic E-state index is 13.2. The Kier molecular flexibility index (Phi) is 1.72. The van der Waals surface area contributed by atoms with Crippen molar-refractivity contribution in [2.45, 2.75) is 18.2 Å². The lowest BCUT2D eigenvalue weighted by Gasteiger charge is -2.20. The van der Waals surface area contributed by atoms with Crippen LogP contribution in [0.1, 0.15) is 6.42 Å². The number of nitrogens with zero attached hydrogens (tertiary/aromatic N) is 1. The Morgan fingerprint density at radius 1 is 1.42 bits per heavy atom. The number of fused-ring (bicyclic) bond motifs is 1. The average Bonchev–Trinajstić information content (AvgIpc) is 2.35. The Balaban J connectivity index is 2.14. The smallest absolute Gasteiger partial charge is 0.244 e. The Morgan fingerprint density at radius 3 is 2.67 bits per heavy atom. The van der Waals surface area contributed by atoms with Gasteiger partial charge in [0.05, 0.1) is 0 Å². The van der Waals surface area contributed by atoms with Crippen molar-refractivity contribution in [1.82, 2.24) is 4.90 Å². The van der Waals surface area contributed by atoms with Gasteiger partial charge in [-0.05, 0) is 24.7 Å². The van der Waals surface area contributed by atoms with Crippen LogP contribution < -0.4 is 0 Å². The molecule has 3 unspecified atom stereocenters. The van der Waals surface area contributed by atoms with Crippen molar-refractivity contribution in [3.05, 3.63) is 0 Å². The van der Waals surface area contributed by atoms with Crippen LogP contribution in [0.4, 0.5) is 8.78 Å². The minimum absolute atomic E-state index is 0.114. The second-order valence-electron chi connectivity index (χ2n) is 4.40. The minimum atomic E-state index is -2.39. The van der Waals surface area contributed by atoms with Crippen molar-refractivity contribution in [3.8, 4) is 0 Å². The molecule has 2 rings (SSSR count). The van der Waals surface area contributed by atoms with Gasteiger partial charge in [0, 0.05) is 19.5 Å². The number of hydrogen-bond donors (Lipinski definition) is 0. The van der Waals surface area contributed by atoms with Crippen molar-refractivity contribution >= 4 is 7.85 Å². The van der Waals surface area contributed by atoms with Gasteiger partial charge in [-0.3, -0.25) is 0 Å². The lowest BCUT2D eigenvalue weighted by molar-refractivity contribution is -0.000747. The summed E-state index contributed by atoms with van der Waals surface area (Å²) in [6, 6.07) is 0. The zero-order valence-electron chi connectivity index (χ0n) is 7.56. The monoisotopic (exact) mass is 173 g/mol. The summed E-state index contributed by atoms with van der Waals surface area (Å²) in [7, 11) is 3.72. The van der Waals surface area contributed by atoms with E-state index in [1.54, 1.807) is 7.85 Å². The molecule has 0 aromatic carbocycles. The highest BCUT2D eigenvalue weighted by Crippen LogP contribution is 2.52. The third-order valence-electron chi connectivity index (χ3n) is 3.52. The quantitative estimate of drug-likeness (QED) is 0.485. The molecule has 2 aliphatic rings. The van der Waals surface area contributed by atoms with Gasteiger partial charge in [-0.1, -0.05) is 0 Å². The van der Waals surface area contributed by atoms with Gasteiger partial charge in [-0.15, -0.1) is 0 Å². The molecule has 1 aliphatic carbocycles. The first kappa shape index (κ1) is 8.48. The lowest BCUT2D eigenvalue weighted by Crippen LogP contribution is -2.25. The number of alkyl halides is 2. The molecule has 0 aromatic heterocycles. The average molecular weight is 173 g/mol. The highest BCUT2D eigenvalue weighted by atomic mass is 19.3. The zero-order valence-corrected chi connectivity index (χ0v) is 7.56. The third kappa shape index (κ3) is 1.08. The van der Waals surface area contributed by atoms with E-state index in [1.165, 1.54) is 0 Å². The molecule has 68 valence electrons. The Hall–Kier alpha value is -0.115. The second kappa shape index (κ2) is 2.44. The highest BCUT2D eigenvalue weighted by molar-refractivity contribution is 6.12. The topological polar surface area (TPSA) is 3.24 Å². The Labute approximate surface area is 72.5 Å². The minimum Gasteiger partial charge on any atom is -0.306 e. The van der Waals surface area contributed by atoms with Gasteiger partial charge in [0.1, 0.15) is 7.85 Å². The zero-order chi connectivity index (χ0) is 8.93. The molecule has 0 spiro atoms. The Morgan fingerprint density at radius 2 is 2.08 bits per heavy atom. The number of rotatable bonds is 0. The van der Waals surface area contributed by atoms with Gasteiger partial charge in [-0.2, -0.15) is 0 Å². The van der Waals surface area contributed by atoms with Crippen LogP contribution in [0.15, 0.2) is 0 Å². The summed E-state index contributed by atoms with van der Waals surface area (Å²) < 4.78 is 26.3. The highest BCUT2D eigenvalue weighted by Gasteiger charge is 2.54. The van der Waals surface area contributed by atoms with Crippen molar-refractivity contribution < 1.29 is 8.78 Å². The molecule has 12 heavy (non-hydrogen) atoms. The molecule has 1 saturated heterocycles. The van der Waals surface area contributed by atoms with E-state index in [2.05, 4.69) is 4.90 Å². The molecular formula is C8H14BF2N. The molecule has 3 atom stereocenters. The normalized spacial score (nSPS) is 46.4. The van der Waals surface area contributed by atoms with Gasteiger partial charge in [0.15, 0.2) is 0 Å². The van der Waals surface area contributed by atoms with Crippen LogP contribution >= 0.6 is 0 Å². The number of likely N-dealkylation sites (tertiary alicyclic amines) is 1. The van der Waals surface area contributed by atoms with Crippen molar-refractivity contribution in [2.75, 3.05) is 20.1 Å². The van der Waals surface area contributed by atoms with Crippen LogP contribution in [0.3, 0.4) is 0 Å². The van der Waals surface area contributed by atoms with E-state index in [1.807, 2.05) is 7.05 Å². The summed E-state index contributed by atoms with van der Waals surface area (Å²) in [5.41, 5.74) is 0. The van der Waals surface area contributed by atoms with E-state index in [-0.39, 0.29) is 18.3 Å². The molecule has 2 fully saturated rings. The third-order valence-corrected chi connectivity index (χ3v) is 3.52.